The fourth-order valence-corrected chi connectivity index (χ4v) is 3.03. The van der Waals surface area contributed by atoms with E-state index in [1.54, 1.807) is 36.1 Å². The molecule has 5 heteroatoms. The largest absolute Gasteiger partial charge is 0.341 e. The zero-order valence-electron chi connectivity index (χ0n) is 13.5. The van der Waals surface area contributed by atoms with Gasteiger partial charge in [0.1, 0.15) is 6.04 Å². The fourth-order valence-electron chi connectivity index (χ4n) is 2.90. The highest BCUT2D eigenvalue weighted by molar-refractivity contribution is 6.30. The number of nitrogens with one attached hydrogen (secondary N) is 1. The molecular formula is C19H19ClN2O2. The molecule has 0 spiro atoms. The Kier molecular flexibility index (Phi) is 4.86. The van der Waals surface area contributed by atoms with Crippen molar-refractivity contribution in [2.24, 2.45) is 0 Å². The van der Waals surface area contributed by atoms with Crippen molar-refractivity contribution >= 4 is 23.4 Å². The molecule has 0 radical (unpaired) electrons. The Balaban J connectivity index is 1.63. The summed E-state index contributed by atoms with van der Waals surface area (Å²) < 4.78 is 0. The number of halogens is 1. The Labute approximate surface area is 146 Å². The Morgan fingerprint density at radius 1 is 1.08 bits per heavy atom. The predicted octanol–water partition coefficient (Wildman–Crippen LogP) is 3.04. The van der Waals surface area contributed by atoms with Gasteiger partial charge < -0.3 is 10.2 Å². The molecule has 0 aromatic heterocycles. The van der Waals surface area contributed by atoms with Crippen molar-refractivity contribution < 1.29 is 9.59 Å². The summed E-state index contributed by atoms with van der Waals surface area (Å²) in [6.45, 7) is 2.99. The molecule has 124 valence electrons. The number of amides is 2. The summed E-state index contributed by atoms with van der Waals surface area (Å²) in [5, 5.41) is 3.34. The first kappa shape index (κ1) is 16.5. The summed E-state index contributed by atoms with van der Waals surface area (Å²) >= 11 is 5.82. The van der Waals surface area contributed by atoms with Crippen molar-refractivity contribution in [2.75, 3.05) is 6.54 Å². The standard InChI is InChI=1S/C19H19ClN2O2/c1-13(21-18(23)15-6-8-17(20)9-7-15)19(24)22-11-10-14-4-2-3-5-16(14)12-22/h2-9,13H,10-12H2,1H3,(H,21,23)/t13-/m1/s1. The number of nitrogens with zero attached hydrogens (tertiary/aromatic N) is 1. The van der Waals surface area contributed by atoms with Crippen LogP contribution in [0.15, 0.2) is 48.5 Å². The van der Waals surface area contributed by atoms with E-state index in [9.17, 15) is 9.59 Å². The third-order valence-electron chi connectivity index (χ3n) is 4.27. The van der Waals surface area contributed by atoms with E-state index < -0.39 is 6.04 Å². The molecule has 2 aromatic rings. The third-order valence-corrected chi connectivity index (χ3v) is 4.52. The van der Waals surface area contributed by atoms with Crippen LogP contribution < -0.4 is 5.32 Å². The van der Waals surface area contributed by atoms with Crippen molar-refractivity contribution in [1.82, 2.24) is 10.2 Å². The average Bonchev–Trinajstić information content (AvgIpc) is 2.61. The number of fused-ring (bicyclic) bond motifs is 1. The van der Waals surface area contributed by atoms with E-state index in [2.05, 4.69) is 11.4 Å². The minimum Gasteiger partial charge on any atom is -0.341 e. The van der Waals surface area contributed by atoms with Gasteiger partial charge in [-0.3, -0.25) is 9.59 Å². The second-order valence-electron chi connectivity index (χ2n) is 5.98. The van der Waals surface area contributed by atoms with E-state index in [0.717, 1.165) is 6.42 Å². The number of rotatable bonds is 3. The molecule has 1 aliphatic rings. The second kappa shape index (κ2) is 7.05. The van der Waals surface area contributed by atoms with Crippen molar-refractivity contribution in [3.63, 3.8) is 0 Å². The van der Waals surface area contributed by atoms with Crippen LogP contribution in [0.4, 0.5) is 0 Å². The van der Waals surface area contributed by atoms with Gasteiger partial charge in [-0.05, 0) is 48.7 Å². The molecule has 1 N–H and O–H groups in total. The Bertz CT molecular complexity index is 758. The van der Waals surface area contributed by atoms with Crippen LogP contribution in [0.1, 0.15) is 28.4 Å². The Hall–Kier alpha value is -2.33. The Morgan fingerprint density at radius 3 is 2.46 bits per heavy atom. The molecule has 0 aliphatic carbocycles. The van der Waals surface area contributed by atoms with Crippen molar-refractivity contribution in [1.29, 1.82) is 0 Å². The smallest absolute Gasteiger partial charge is 0.251 e. The molecular weight excluding hydrogens is 324 g/mol. The molecule has 0 saturated carbocycles. The molecule has 4 nitrogen and oxygen atoms in total. The van der Waals surface area contributed by atoms with E-state index in [4.69, 9.17) is 11.6 Å². The minimum absolute atomic E-state index is 0.0631. The number of carbonyl (C=O) groups is 2. The van der Waals surface area contributed by atoms with E-state index in [0.29, 0.717) is 23.7 Å². The number of hydrogen-bond acceptors (Lipinski definition) is 2. The van der Waals surface area contributed by atoms with Gasteiger partial charge in [0.05, 0.1) is 0 Å². The van der Waals surface area contributed by atoms with E-state index in [1.807, 2.05) is 18.2 Å². The van der Waals surface area contributed by atoms with Crippen LogP contribution in [0, 0.1) is 0 Å². The zero-order chi connectivity index (χ0) is 17.1. The topological polar surface area (TPSA) is 49.4 Å². The molecule has 1 heterocycles. The summed E-state index contributed by atoms with van der Waals surface area (Å²) in [6.07, 6.45) is 0.847. The van der Waals surface area contributed by atoms with Gasteiger partial charge in [-0.1, -0.05) is 35.9 Å². The molecule has 0 fully saturated rings. The highest BCUT2D eigenvalue weighted by Crippen LogP contribution is 2.19. The third kappa shape index (κ3) is 3.60. The van der Waals surface area contributed by atoms with Gasteiger partial charge in [-0.15, -0.1) is 0 Å². The predicted molar refractivity (Wildman–Crippen MR) is 93.9 cm³/mol. The quantitative estimate of drug-likeness (QED) is 0.932. The average molecular weight is 343 g/mol. The normalized spacial score (nSPS) is 14.7. The van der Waals surface area contributed by atoms with Gasteiger partial charge in [0.2, 0.25) is 5.91 Å². The lowest BCUT2D eigenvalue weighted by Crippen LogP contribution is -2.48. The maximum Gasteiger partial charge on any atom is 0.251 e. The van der Waals surface area contributed by atoms with E-state index >= 15 is 0 Å². The zero-order valence-corrected chi connectivity index (χ0v) is 14.2. The summed E-state index contributed by atoms with van der Waals surface area (Å²) in [5.41, 5.74) is 2.95. The lowest BCUT2D eigenvalue weighted by Gasteiger charge is -2.31. The molecule has 2 aromatic carbocycles. The Morgan fingerprint density at radius 2 is 1.75 bits per heavy atom. The van der Waals surface area contributed by atoms with Gasteiger partial charge in [0.25, 0.3) is 5.91 Å². The number of hydrogen-bond donors (Lipinski definition) is 1. The molecule has 24 heavy (non-hydrogen) atoms. The fraction of sp³-hybridized carbons (Fsp3) is 0.263. The molecule has 1 atom stereocenters. The van der Waals surface area contributed by atoms with Crippen molar-refractivity contribution in [3.8, 4) is 0 Å². The summed E-state index contributed by atoms with van der Waals surface area (Å²) in [7, 11) is 0. The highest BCUT2D eigenvalue weighted by atomic mass is 35.5. The molecule has 0 saturated heterocycles. The van der Waals surface area contributed by atoms with Crippen molar-refractivity contribution in [3.05, 3.63) is 70.2 Å². The summed E-state index contributed by atoms with van der Waals surface area (Å²) in [5.74, 6) is -0.336. The minimum atomic E-state index is -0.571. The molecule has 0 unspecified atom stereocenters. The monoisotopic (exact) mass is 342 g/mol. The number of benzene rings is 2. The summed E-state index contributed by atoms with van der Waals surface area (Å²) in [6, 6.07) is 14.2. The van der Waals surface area contributed by atoms with Crippen LogP contribution in [0.5, 0.6) is 0 Å². The van der Waals surface area contributed by atoms with Gasteiger partial charge in [0, 0.05) is 23.7 Å². The summed E-state index contributed by atoms with van der Waals surface area (Å²) in [4.78, 5) is 26.6. The van der Waals surface area contributed by atoms with Gasteiger partial charge >= 0.3 is 0 Å². The number of carbonyl (C=O) groups excluding carboxylic acids is 2. The van der Waals surface area contributed by atoms with Gasteiger partial charge in [0.15, 0.2) is 0 Å². The molecule has 1 aliphatic heterocycles. The molecule has 0 bridgehead atoms. The highest BCUT2D eigenvalue weighted by Gasteiger charge is 2.25. The SMILES string of the molecule is C[C@@H](NC(=O)c1ccc(Cl)cc1)C(=O)N1CCc2ccccc2C1. The maximum absolute atomic E-state index is 12.6. The van der Waals surface area contributed by atoms with Crippen LogP contribution in [-0.2, 0) is 17.8 Å². The van der Waals surface area contributed by atoms with Crippen molar-refractivity contribution in [2.45, 2.75) is 25.9 Å². The first-order chi connectivity index (χ1) is 11.5. The van der Waals surface area contributed by atoms with Crippen LogP contribution in [0.25, 0.3) is 0 Å². The van der Waals surface area contributed by atoms with Crippen LogP contribution in [-0.4, -0.2) is 29.3 Å². The van der Waals surface area contributed by atoms with Crippen LogP contribution in [0.2, 0.25) is 5.02 Å². The lowest BCUT2D eigenvalue weighted by atomic mass is 9.99. The molecule has 2 amide bonds. The first-order valence-corrected chi connectivity index (χ1v) is 8.34. The van der Waals surface area contributed by atoms with E-state index in [1.165, 1.54) is 11.1 Å². The second-order valence-corrected chi connectivity index (χ2v) is 6.42. The van der Waals surface area contributed by atoms with Crippen LogP contribution in [0.3, 0.4) is 0 Å². The molecule has 3 rings (SSSR count). The lowest BCUT2D eigenvalue weighted by molar-refractivity contribution is -0.133. The maximum atomic E-state index is 12.6. The van der Waals surface area contributed by atoms with Gasteiger partial charge in [-0.25, -0.2) is 0 Å². The first-order valence-electron chi connectivity index (χ1n) is 7.96. The van der Waals surface area contributed by atoms with Gasteiger partial charge in [-0.2, -0.15) is 0 Å². The van der Waals surface area contributed by atoms with E-state index in [-0.39, 0.29) is 11.8 Å². The van der Waals surface area contributed by atoms with Crippen LogP contribution >= 0.6 is 11.6 Å².